The van der Waals surface area contributed by atoms with Gasteiger partial charge in [-0.15, -0.1) is 11.3 Å². The van der Waals surface area contributed by atoms with E-state index in [1.54, 1.807) is 31.4 Å². The van der Waals surface area contributed by atoms with Crippen molar-refractivity contribution >= 4 is 22.9 Å². The topological polar surface area (TPSA) is 88.1 Å². The fourth-order valence-electron chi connectivity index (χ4n) is 1.71. The lowest BCUT2D eigenvalue weighted by Gasteiger charge is -2.11. The van der Waals surface area contributed by atoms with Crippen LogP contribution in [0.15, 0.2) is 30.3 Å². The van der Waals surface area contributed by atoms with Gasteiger partial charge in [0.1, 0.15) is 16.7 Å². The molecule has 1 aromatic carbocycles. The van der Waals surface area contributed by atoms with Crippen LogP contribution in [0.2, 0.25) is 0 Å². The highest BCUT2D eigenvalue weighted by Gasteiger charge is 2.08. The third kappa shape index (κ3) is 3.08. The monoisotopic (exact) mass is 287 g/mol. The minimum atomic E-state index is -0.487. The van der Waals surface area contributed by atoms with Crippen LogP contribution in [-0.2, 0) is 6.54 Å². The number of thiophene rings is 1. The van der Waals surface area contributed by atoms with E-state index in [4.69, 9.17) is 15.7 Å². The van der Waals surface area contributed by atoms with Crippen molar-refractivity contribution < 1.29 is 9.53 Å². The van der Waals surface area contributed by atoms with Gasteiger partial charge in [-0.3, -0.25) is 4.79 Å². The zero-order chi connectivity index (χ0) is 14.5. The Hall–Kier alpha value is -2.52. The van der Waals surface area contributed by atoms with Crippen LogP contribution in [0.4, 0.5) is 5.69 Å². The molecule has 20 heavy (non-hydrogen) atoms. The molecular formula is C14H13N3O2S. The van der Waals surface area contributed by atoms with Gasteiger partial charge < -0.3 is 15.8 Å². The minimum absolute atomic E-state index is 0.414. The molecule has 0 unspecified atom stereocenters. The molecule has 0 saturated carbocycles. The number of nitriles is 1. The maximum absolute atomic E-state index is 11.2. The van der Waals surface area contributed by atoms with Crippen molar-refractivity contribution in [3.8, 4) is 11.8 Å². The van der Waals surface area contributed by atoms with Crippen LogP contribution in [0.5, 0.6) is 5.75 Å². The van der Waals surface area contributed by atoms with Gasteiger partial charge in [0, 0.05) is 17.0 Å². The first kappa shape index (κ1) is 13.9. The molecule has 6 heteroatoms. The highest BCUT2D eigenvalue weighted by molar-refractivity contribution is 7.12. The van der Waals surface area contributed by atoms with Gasteiger partial charge in [-0.25, -0.2) is 0 Å². The van der Waals surface area contributed by atoms with Crippen molar-refractivity contribution in [3.63, 3.8) is 0 Å². The number of benzene rings is 1. The molecule has 5 nitrogen and oxygen atoms in total. The molecule has 0 atom stereocenters. The van der Waals surface area contributed by atoms with E-state index in [0.717, 1.165) is 4.88 Å². The molecule has 0 bridgehead atoms. The average Bonchev–Trinajstić information content (AvgIpc) is 2.92. The van der Waals surface area contributed by atoms with Crippen molar-refractivity contribution in [1.82, 2.24) is 0 Å². The number of carbonyl (C=O) groups excluding carboxylic acids is 1. The first-order chi connectivity index (χ1) is 9.63. The van der Waals surface area contributed by atoms with Crippen LogP contribution >= 0.6 is 11.3 Å². The molecule has 102 valence electrons. The Labute approximate surface area is 120 Å². The second kappa shape index (κ2) is 6.08. The number of nitrogens with zero attached hydrogens (tertiary/aromatic N) is 1. The number of carbonyl (C=O) groups is 1. The third-order valence-corrected chi connectivity index (χ3v) is 3.70. The molecule has 0 aliphatic rings. The molecule has 0 saturated heterocycles. The molecule has 0 fully saturated rings. The number of methoxy groups -OCH3 is 1. The van der Waals surface area contributed by atoms with Crippen LogP contribution in [0, 0.1) is 11.3 Å². The van der Waals surface area contributed by atoms with E-state index in [-0.39, 0.29) is 0 Å². The Morgan fingerprint density at radius 3 is 2.85 bits per heavy atom. The zero-order valence-corrected chi connectivity index (χ0v) is 11.7. The van der Waals surface area contributed by atoms with Crippen molar-refractivity contribution in [2.45, 2.75) is 6.54 Å². The van der Waals surface area contributed by atoms with Crippen molar-refractivity contribution in [3.05, 3.63) is 45.6 Å². The second-order valence-corrected chi connectivity index (χ2v) is 5.18. The summed E-state index contributed by atoms with van der Waals surface area (Å²) in [6.07, 6.45) is 0. The second-order valence-electron chi connectivity index (χ2n) is 4.01. The van der Waals surface area contributed by atoms with E-state index in [9.17, 15) is 4.79 Å². The highest BCUT2D eigenvalue weighted by Crippen LogP contribution is 2.26. The average molecular weight is 287 g/mol. The summed E-state index contributed by atoms with van der Waals surface area (Å²) in [5, 5.41) is 12.0. The van der Waals surface area contributed by atoms with Gasteiger partial charge in [-0.05, 0) is 30.3 Å². The minimum Gasteiger partial charge on any atom is -0.495 e. The van der Waals surface area contributed by atoms with E-state index in [1.165, 1.54) is 11.3 Å². The van der Waals surface area contributed by atoms with Crippen LogP contribution in [0.25, 0.3) is 0 Å². The van der Waals surface area contributed by atoms with E-state index in [2.05, 4.69) is 11.4 Å². The SMILES string of the molecule is COc1ccc(C(N)=O)cc1NCc1ccc(C#N)s1. The Balaban J connectivity index is 2.17. The van der Waals surface area contributed by atoms with E-state index in [0.29, 0.717) is 28.4 Å². The third-order valence-electron chi connectivity index (χ3n) is 2.71. The number of primary amides is 1. The van der Waals surface area contributed by atoms with Crippen molar-refractivity contribution in [2.75, 3.05) is 12.4 Å². The first-order valence-electron chi connectivity index (χ1n) is 5.84. The van der Waals surface area contributed by atoms with Gasteiger partial charge >= 0.3 is 0 Å². The summed E-state index contributed by atoms with van der Waals surface area (Å²) < 4.78 is 5.23. The van der Waals surface area contributed by atoms with Gasteiger partial charge in [-0.1, -0.05) is 0 Å². The predicted molar refractivity (Wildman–Crippen MR) is 77.9 cm³/mol. The number of hydrogen-bond donors (Lipinski definition) is 2. The number of nitrogens with one attached hydrogen (secondary N) is 1. The summed E-state index contributed by atoms with van der Waals surface area (Å²) in [5.74, 6) is 0.144. The summed E-state index contributed by atoms with van der Waals surface area (Å²) in [4.78, 5) is 12.9. The lowest BCUT2D eigenvalue weighted by molar-refractivity contribution is 0.100. The number of amides is 1. The summed E-state index contributed by atoms with van der Waals surface area (Å²) in [5.41, 5.74) is 6.37. The van der Waals surface area contributed by atoms with Crippen molar-refractivity contribution in [1.29, 1.82) is 5.26 Å². The van der Waals surface area contributed by atoms with Gasteiger partial charge in [0.05, 0.1) is 12.8 Å². The molecule has 0 spiro atoms. The van der Waals surface area contributed by atoms with E-state index in [1.807, 2.05) is 6.07 Å². The Kier molecular flexibility index (Phi) is 4.23. The first-order valence-corrected chi connectivity index (χ1v) is 6.66. The van der Waals surface area contributed by atoms with Crippen LogP contribution in [0.3, 0.4) is 0 Å². The smallest absolute Gasteiger partial charge is 0.248 e. The lowest BCUT2D eigenvalue weighted by Crippen LogP contribution is -2.11. The number of hydrogen-bond acceptors (Lipinski definition) is 5. The number of rotatable bonds is 5. The predicted octanol–water partition coefficient (Wildman–Crippen LogP) is 2.34. The summed E-state index contributed by atoms with van der Waals surface area (Å²) >= 11 is 1.42. The van der Waals surface area contributed by atoms with Gasteiger partial charge in [0.15, 0.2) is 0 Å². The molecule has 0 aliphatic heterocycles. The molecule has 1 amide bonds. The fraction of sp³-hybridized carbons (Fsp3) is 0.143. The zero-order valence-electron chi connectivity index (χ0n) is 10.8. The van der Waals surface area contributed by atoms with E-state index >= 15 is 0 Å². The molecule has 1 heterocycles. The van der Waals surface area contributed by atoms with Crippen LogP contribution in [-0.4, -0.2) is 13.0 Å². The fourth-order valence-corrected chi connectivity index (χ4v) is 2.46. The Morgan fingerprint density at radius 2 is 2.25 bits per heavy atom. The standard InChI is InChI=1S/C14H13N3O2S/c1-19-13-5-2-9(14(16)18)6-12(13)17-8-11-4-3-10(7-15)20-11/h2-6,17H,8H2,1H3,(H2,16,18). The molecule has 1 aromatic heterocycles. The van der Waals surface area contributed by atoms with Crippen LogP contribution in [0.1, 0.15) is 20.1 Å². The largest absolute Gasteiger partial charge is 0.495 e. The molecule has 0 aliphatic carbocycles. The van der Waals surface area contributed by atoms with Gasteiger partial charge in [-0.2, -0.15) is 5.26 Å². The molecule has 3 N–H and O–H groups in total. The Morgan fingerprint density at radius 1 is 1.45 bits per heavy atom. The number of nitrogens with two attached hydrogens (primary N) is 1. The summed E-state index contributed by atoms with van der Waals surface area (Å²) in [7, 11) is 1.56. The number of anilines is 1. The molecule has 2 aromatic rings. The summed E-state index contributed by atoms with van der Waals surface area (Å²) in [6.45, 7) is 0.547. The number of ether oxygens (including phenoxy) is 1. The van der Waals surface area contributed by atoms with E-state index < -0.39 is 5.91 Å². The molecule has 0 radical (unpaired) electrons. The maximum atomic E-state index is 11.2. The maximum Gasteiger partial charge on any atom is 0.248 e. The van der Waals surface area contributed by atoms with Crippen molar-refractivity contribution in [2.24, 2.45) is 5.73 Å². The Bertz CT molecular complexity index is 673. The molecular weight excluding hydrogens is 274 g/mol. The van der Waals surface area contributed by atoms with Crippen LogP contribution < -0.4 is 15.8 Å². The normalized spacial score (nSPS) is 9.80. The summed E-state index contributed by atoms with van der Waals surface area (Å²) in [6, 6.07) is 10.7. The lowest BCUT2D eigenvalue weighted by atomic mass is 10.1. The molecule has 2 rings (SSSR count). The van der Waals surface area contributed by atoms with Gasteiger partial charge in [0.2, 0.25) is 5.91 Å². The van der Waals surface area contributed by atoms with Gasteiger partial charge in [0.25, 0.3) is 0 Å². The quantitative estimate of drug-likeness (QED) is 0.883. The highest BCUT2D eigenvalue weighted by atomic mass is 32.1.